The first-order chi connectivity index (χ1) is 13.9. The van der Waals surface area contributed by atoms with Crippen molar-refractivity contribution in [1.82, 2.24) is 0 Å². The molecule has 29 heavy (non-hydrogen) atoms. The van der Waals surface area contributed by atoms with Gasteiger partial charge in [-0.3, -0.25) is 0 Å². The van der Waals surface area contributed by atoms with E-state index < -0.39 is 0 Å². The molecule has 1 aromatic rings. The van der Waals surface area contributed by atoms with Crippen LogP contribution in [0.3, 0.4) is 0 Å². The molecule has 5 rings (SSSR count). The van der Waals surface area contributed by atoms with Crippen LogP contribution in [0.4, 0.5) is 0 Å². The maximum absolute atomic E-state index is 13.0. The molecule has 0 aromatic heterocycles. The average Bonchev–Trinajstić information content (AvgIpc) is 3.11. The van der Waals surface area contributed by atoms with Gasteiger partial charge in [0.05, 0.1) is 11.7 Å². The van der Waals surface area contributed by atoms with Gasteiger partial charge in [-0.25, -0.2) is 4.79 Å². The van der Waals surface area contributed by atoms with Gasteiger partial charge in [-0.1, -0.05) is 38.5 Å². The van der Waals surface area contributed by atoms with Crippen molar-refractivity contribution in [3.63, 3.8) is 0 Å². The summed E-state index contributed by atoms with van der Waals surface area (Å²) in [7, 11) is 0. The average molecular weight is 397 g/mol. The van der Waals surface area contributed by atoms with Crippen molar-refractivity contribution in [2.45, 2.75) is 83.8 Å². The number of fused-ring (bicyclic) bond motifs is 5. The number of esters is 1. The number of carbonyl (C=O) groups is 1. The molecular weight excluding hydrogens is 360 g/mol. The highest BCUT2D eigenvalue weighted by Gasteiger charge is 2.61. The summed E-state index contributed by atoms with van der Waals surface area (Å²) in [5, 5.41) is 10.4. The molecule has 4 aliphatic carbocycles. The Kier molecular flexibility index (Phi) is 4.81. The molecule has 1 N–H and O–H groups in total. The fourth-order valence-corrected chi connectivity index (χ4v) is 8.07. The van der Waals surface area contributed by atoms with Crippen molar-refractivity contribution < 1.29 is 14.6 Å². The van der Waals surface area contributed by atoms with Crippen LogP contribution < -0.4 is 0 Å². The van der Waals surface area contributed by atoms with Gasteiger partial charge in [0.25, 0.3) is 0 Å². The zero-order valence-corrected chi connectivity index (χ0v) is 18.0. The summed E-state index contributed by atoms with van der Waals surface area (Å²) in [5.74, 6) is 2.09. The van der Waals surface area contributed by atoms with Gasteiger partial charge in [-0.2, -0.15) is 0 Å². The van der Waals surface area contributed by atoms with Crippen LogP contribution in [0.5, 0.6) is 0 Å². The molecule has 0 aliphatic heterocycles. The minimum atomic E-state index is -0.185. The number of rotatable bonds is 2. The van der Waals surface area contributed by atoms with Gasteiger partial charge >= 0.3 is 5.97 Å². The van der Waals surface area contributed by atoms with Crippen LogP contribution in [0, 0.1) is 34.5 Å². The largest absolute Gasteiger partial charge is 0.458 e. The number of benzene rings is 1. The SMILES string of the molecule is C[C@@]12CCC[C@H]1[C@@H]1[C@@H](OC(=O)c3ccccc3)C[C@H]3C[C@@H](O)CC[C@]3(C)[C@H]1CC2. The predicted molar refractivity (Wildman–Crippen MR) is 113 cm³/mol. The Morgan fingerprint density at radius 3 is 2.59 bits per heavy atom. The van der Waals surface area contributed by atoms with Crippen LogP contribution in [0.15, 0.2) is 30.3 Å². The Balaban J connectivity index is 1.48. The molecule has 4 saturated carbocycles. The quantitative estimate of drug-likeness (QED) is 0.660. The van der Waals surface area contributed by atoms with Crippen LogP contribution in [0.25, 0.3) is 0 Å². The van der Waals surface area contributed by atoms with Gasteiger partial charge in [0.2, 0.25) is 0 Å². The van der Waals surface area contributed by atoms with E-state index in [0.29, 0.717) is 40.1 Å². The molecule has 4 aliphatic rings. The number of ether oxygens (including phenoxy) is 1. The third kappa shape index (κ3) is 3.15. The topological polar surface area (TPSA) is 46.5 Å². The van der Waals surface area contributed by atoms with Gasteiger partial charge in [-0.15, -0.1) is 0 Å². The minimum absolute atomic E-state index is 0.00111. The van der Waals surface area contributed by atoms with Gasteiger partial charge in [0, 0.05) is 5.92 Å². The number of aliphatic hydroxyl groups excluding tert-OH is 1. The van der Waals surface area contributed by atoms with E-state index in [1.165, 1.54) is 32.1 Å². The molecule has 0 amide bonds. The van der Waals surface area contributed by atoms with E-state index in [1.807, 2.05) is 30.3 Å². The zero-order chi connectivity index (χ0) is 20.2. The van der Waals surface area contributed by atoms with E-state index in [-0.39, 0.29) is 18.2 Å². The molecule has 3 heteroatoms. The maximum Gasteiger partial charge on any atom is 0.338 e. The lowest BCUT2D eigenvalue weighted by atomic mass is 9.44. The van der Waals surface area contributed by atoms with Crippen molar-refractivity contribution in [3.05, 3.63) is 35.9 Å². The Morgan fingerprint density at radius 2 is 1.79 bits per heavy atom. The molecule has 4 fully saturated rings. The third-order valence-corrected chi connectivity index (χ3v) is 9.68. The van der Waals surface area contributed by atoms with Crippen LogP contribution in [0.2, 0.25) is 0 Å². The third-order valence-electron chi connectivity index (χ3n) is 9.68. The van der Waals surface area contributed by atoms with Gasteiger partial charge in [-0.05, 0) is 92.1 Å². The highest BCUT2D eigenvalue weighted by atomic mass is 16.5. The Bertz CT molecular complexity index is 760. The van der Waals surface area contributed by atoms with E-state index in [4.69, 9.17) is 4.74 Å². The normalized spacial score (nSPS) is 46.3. The van der Waals surface area contributed by atoms with Crippen LogP contribution in [-0.4, -0.2) is 23.3 Å². The highest BCUT2D eigenvalue weighted by molar-refractivity contribution is 5.89. The van der Waals surface area contributed by atoms with Gasteiger partial charge < -0.3 is 9.84 Å². The maximum atomic E-state index is 13.0. The molecule has 0 bridgehead atoms. The molecule has 0 unspecified atom stereocenters. The first-order valence-corrected chi connectivity index (χ1v) is 11.8. The molecule has 8 atom stereocenters. The molecular formula is C26H36O3. The van der Waals surface area contributed by atoms with Crippen molar-refractivity contribution >= 4 is 5.97 Å². The van der Waals surface area contributed by atoms with Crippen molar-refractivity contribution in [3.8, 4) is 0 Å². The zero-order valence-electron chi connectivity index (χ0n) is 18.0. The summed E-state index contributed by atoms with van der Waals surface area (Å²) in [6, 6.07) is 9.47. The van der Waals surface area contributed by atoms with Crippen molar-refractivity contribution in [1.29, 1.82) is 0 Å². The van der Waals surface area contributed by atoms with E-state index >= 15 is 0 Å². The summed E-state index contributed by atoms with van der Waals surface area (Å²) in [4.78, 5) is 13.0. The predicted octanol–water partition coefficient (Wildman–Crippen LogP) is 5.62. The smallest absolute Gasteiger partial charge is 0.338 e. The fourth-order valence-electron chi connectivity index (χ4n) is 8.07. The molecule has 1 aromatic carbocycles. The Labute approximate surface area is 175 Å². The van der Waals surface area contributed by atoms with E-state index in [1.54, 1.807) is 0 Å². The second kappa shape index (κ2) is 7.11. The Morgan fingerprint density at radius 1 is 1.00 bits per heavy atom. The number of hydrogen-bond donors (Lipinski definition) is 1. The summed E-state index contributed by atoms with van der Waals surface area (Å²) >= 11 is 0. The van der Waals surface area contributed by atoms with Gasteiger partial charge in [0.1, 0.15) is 6.10 Å². The minimum Gasteiger partial charge on any atom is -0.458 e. The van der Waals surface area contributed by atoms with E-state index in [2.05, 4.69) is 13.8 Å². The number of aliphatic hydroxyl groups is 1. The molecule has 0 spiro atoms. The van der Waals surface area contributed by atoms with Gasteiger partial charge in [0.15, 0.2) is 0 Å². The van der Waals surface area contributed by atoms with Crippen molar-refractivity contribution in [2.75, 3.05) is 0 Å². The van der Waals surface area contributed by atoms with Crippen LogP contribution >= 0.6 is 0 Å². The second-order valence-electron chi connectivity index (χ2n) is 11.1. The number of carbonyl (C=O) groups excluding carboxylic acids is 1. The molecule has 158 valence electrons. The summed E-state index contributed by atoms with van der Waals surface area (Å²) in [6.45, 7) is 4.99. The van der Waals surface area contributed by atoms with E-state index in [0.717, 1.165) is 25.7 Å². The lowest BCUT2D eigenvalue weighted by Gasteiger charge is -2.62. The van der Waals surface area contributed by atoms with E-state index in [9.17, 15) is 9.90 Å². The van der Waals surface area contributed by atoms with Crippen LogP contribution in [0.1, 0.15) is 82.0 Å². The van der Waals surface area contributed by atoms with Crippen molar-refractivity contribution in [2.24, 2.45) is 34.5 Å². The standard InChI is InChI=1S/C26H36O3/c1-25-12-6-9-20(25)23-21(11-13-25)26(2)14-10-19(27)15-18(26)16-22(23)29-24(28)17-7-4-3-5-8-17/h3-5,7-8,18-23,27H,6,9-16H2,1-2H3/t18-,19+,20+,21+,22+,23+,25+,26+/m1/s1. The highest BCUT2D eigenvalue weighted by Crippen LogP contribution is 2.66. The molecule has 0 heterocycles. The summed E-state index contributed by atoms with van der Waals surface area (Å²) < 4.78 is 6.31. The monoisotopic (exact) mass is 396 g/mol. The lowest BCUT2D eigenvalue weighted by molar-refractivity contribution is -0.169. The summed E-state index contributed by atoms with van der Waals surface area (Å²) in [5.41, 5.74) is 1.38. The molecule has 0 radical (unpaired) electrons. The lowest BCUT2D eigenvalue weighted by Crippen LogP contribution is -2.58. The molecule has 0 saturated heterocycles. The van der Waals surface area contributed by atoms with Crippen LogP contribution in [-0.2, 0) is 4.74 Å². The first-order valence-electron chi connectivity index (χ1n) is 11.8. The Hall–Kier alpha value is -1.35. The first kappa shape index (κ1) is 19.6. The second-order valence-corrected chi connectivity index (χ2v) is 11.1. The fraction of sp³-hybridized carbons (Fsp3) is 0.731. The molecule has 3 nitrogen and oxygen atoms in total. The summed E-state index contributed by atoms with van der Waals surface area (Å²) in [6.07, 6.45) is 10.2. The number of hydrogen-bond acceptors (Lipinski definition) is 3.